The minimum Gasteiger partial charge on any atom is -0.363 e. The molecule has 0 aliphatic heterocycles. The van der Waals surface area contributed by atoms with Gasteiger partial charge in [-0.2, -0.15) is 0 Å². The molecule has 0 saturated carbocycles. The van der Waals surface area contributed by atoms with Crippen LogP contribution in [0.2, 0.25) is 0 Å². The van der Waals surface area contributed by atoms with E-state index in [0.717, 1.165) is 11.4 Å². The van der Waals surface area contributed by atoms with Crippen LogP contribution in [0.5, 0.6) is 0 Å². The predicted molar refractivity (Wildman–Crippen MR) is 47.2 cm³/mol. The zero-order valence-electron chi connectivity index (χ0n) is 7.28. The summed E-state index contributed by atoms with van der Waals surface area (Å²) in [5.41, 5.74) is 3.11. The van der Waals surface area contributed by atoms with E-state index in [4.69, 9.17) is 5.21 Å². The second-order valence-electron chi connectivity index (χ2n) is 2.75. The summed E-state index contributed by atoms with van der Waals surface area (Å²) in [6.45, 7) is 0.448. The van der Waals surface area contributed by atoms with Gasteiger partial charge in [0.1, 0.15) is 5.82 Å². The van der Waals surface area contributed by atoms with E-state index in [2.05, 4.69) is 10.5 Å². The summed E-state index contributed by atoms with van der Waals surface area (Å²) in [6, 6.07) is 3.78. The normalized spacial score (nSPS) is 9.92. The molecule has 0 aliphatic rings. The van der Waals surface area contributed by atoms with Gasteiger partial charge in [-0.15, -0.1) is 0 Å². The first-order chi connectivity index (χ1) is 5.74. The van der Waals surface area contributed by atoms with Crippen LogP contribution < -0.4 is 10.4 Å². The zero-order valence-corrected chi connectivity index (χ0v) is 7.28. The van der Waals surface area contributed by atoms with Gasteiger partial charge in [0.15, 0.2) is 0 Å². The van der Waals surface area contributed by atoms with Gasteiger partial charge in [-0.25, -0.2) is 10.5 Å². The highest BCUT2D eigenvalue weighted by atomic mass is 16.5. The lowest BCUT2D eigenvalue weighted by Gasteiger charge is -2.11. The lowest BCUT2D eigenvalue weighted by atomic mass is 10.2. The average molecular weight is 167 g/mol. The Hall–Kier alpha value is -1.13. The Morgan fingerprint density at radius 3 is 2.92 bits per heavy atom. The summed E-state index contributed by atoms with van der Waals surface area (Å²) in [6.07, 6.45) is 1.72. The highest BCUT2D eigenvalue weighted by Crippen LogP contribution is 2.08. The lowest BCUT2D eigenvalue weighted by molar-refractivity contribution is 0.161. The van der Waals surface area contributed by atoms with E-state index in [0.29, 0.717) is 6.54 Å². The van der Waals surface area contributed by atoms with Gasteiger partial charge in [-0.05, 0) is 17.7 Å². The van der Waals surface area contributed by atoms with Crippen molar-refractivity contribution in [1.29, 1.82) is 0 Å². The standard InChI is InChI=1S/C8H13N3O/c1-11(2)8-5-7(6-10-12)3-4-9-8/h3-5,10,12H,6H2,1-2H3. The van der Waals surface area contributed by atoms with Gasteiger partial charge >= 0.3 is 0 Å². The fourth-order valence-corrected chi connectivity index (χ4v) is 0.906. The molecule has 0 unspecified atom stereocenters. The number of hydroxylamine groups is 1. The van der Waals surface area contributed by atoms with Crippen molar-refractivity contribution in [1.82, 2.24) is 10.5 Å². The summed E-state index contributed by atoms with van der Waals surface area (Å²) < 4.78 is 0. The van der Waals surface area contributed by atoms with E-state index in [-0.39, 0.29) is 0 Å². The monoisotopic (exact) mass is 167 g/mol. The Bertz CT molecular complexity index is 250. The number of nitrogens with zero attached hydrogens (tertiary/aromatic N) is 2. The largest absolute Gasteiger partial charge is 0.363 e. The molecule has 1 rings (SSSR count). The maximum atomic E-state index is 8.47. The summed E-state index contributed by atoms with van der Waals surface area (Å²) in [5.74, 6) is 0.891. The van der Waals surface area contributed by atoms with Crippen molar-refractivity contribution in [2.45, 2.75) is 6.54 Å². The van der Waals surface area contributed by atoms with Crippen LogP contribution in [0.4, 0.5) is 5.82 Å². The van der Waals surface area contributed by atoms with Gasteiger partial charge in [-0.1, -0.05) is 0 Å². The smallest absolute Gasteiger partial charge is 0.128 e. The minimum atomic E-state index is 0.448. The van der Waals surface area contributed by atoms with Crippen molar-refractivity contribution in [2.24, 2.45) is 0 Å². The molecule has 0 atom stereocenters. The van der Waals surface area contributed by atoms with E-state index < -0.39 is 0 Å². The lowest BCUT2D eigenvalue weighted by Crippen LogP contribution is -2.12. The maximum absolute atomic E-state index is 8.47. The van der Waals surface area contributed by atoms with Gasteiger partial charge in [0.2, 0.25) is 0 Å². The molecule has 12 heavy (non-hydrogen) atoms. The quantitative estimate of drug-likeness (QED) is 0.648. The van der Waals surface area contributed by atoms with Crippen molar-refractivity contribution in [3.63, 3.8) is 0 Å². The van der Waals surface area contributed by atoms with E-state index >= 15 is 0 Å². The number of pyridine rings is 1. The molecule has 0 fully saturated rings. The van der Waals surface area contributed by atoms with Gasteiger partial charge in [0, 0.05) is 26.8 Å². The zero-order chi connectivity index (χ0) is 8.97. The molecule has 2 N–H and O–H groups in total. The van der Waals surface area contributed by atoms with Crippen LogP contribution in [0.1, 0.15) is 5.56 Å². The van der Waals surface area contributed by atoms with Crippen LogP contribution in [0, 0.1) is 0 Å². The number of aromatic nitrogens is 1. The van der Waals surface area contributed by atoms with Gasteiger partial charge < -0.3 is 10.1 Å². The fourth-order valence-electron chi connectivity index (χ4n) is 0.906. The van der Waals surface area contributed by atoms with Crippen LogP contribution in [0.3, 0.4) is 0 Å². The molecule has 0 radical (unpaired) electrons. The van der Waals surface area contributed by atoms with Crippen LogP contribution in [0.25, 0.3) is 0 Å². The van der Waals surface area contributed by atoms with E-state index in [9.17, 15) is 0 Å². The number of hydrogen-bond acceptors (Lipinski definition) is 4. The highest BCUT2D eigenvalue weighted by Gasteiger charge is 1.97. The highest BCUT2D eigenvalue weighted by molar-refractivity contribution is 5.38. The first-order valence-electron chi connectivity index (χ1n) is 3.73. The van der Waals surface area contributed by atoms with Crippen molar-refractivity contribution >= 4 is 5.82 Å². The van der Waals surface area contributed by atoms with Crippen LogP contribution in [-0.4, -0.2) is 24.3 Å². The molecule has 0 amide bonds. The molecular weight excluding hydrogens is 154 g/mol. The van der Waals surface area contributed by atoms with Crippen LogP contribution in [-0.2, 0) is 6.54 Å². The molecule has 1 heterocycles. The van der Waals surface area contributed by atoms with E-state index in [1.54, 1.807) is 6.20 Å². The maximum Gasteiger partial charge on any atom is 0.128 e. The van der Waals surface area contributed by atoms with E-state index in [1.165, 1.54) is 0 Å². The summed E-state index contributed by atoms with van der Waals surface area (Å²) in [7, 11) is 3.86. The predicted octanol–water partition coefficient (Wildman–Crippen LogP) is 0.626. The third kappa shape index (κ3) is 2.18. The van der Waals surface area contributed by atoms with Crippen LogP contribution >= 0.6 is 0 Å². The average Bonchev–Trinajstić information content (AvgIpc) is 2.05. The summed E-state index contributed by atoms with van der Waals surface area (Å²) >= 11 is 0. The molecule has 0 saturated heterocycles. The number of nitrogens with one attached hydrogen (secondary N) is 1. The number of anilines is 1. The molecule has 0 bridgehead atoms. The van der Waals surface area contributed by atoms with Gasteiger partial charge in [0.05, 0.1) is 0 Å². The molecule has 4 nitrogen and oxygen atoms in total. The molecular formula is C8H13N3O. The van der Waals surface area contributed by atoms with E-state index in [1.807, 2.05) is 31.1 Å². The Balaban J connectivity index is 2.81. The van der Waals surface area contributed by atoms with Crippen molar-refractivity contribution in [2.75, 3.05) is 19.0 Å². The first kappa shape index (κ1) is 8.96. The second-order valence-corrected chi connectivity index (χ2v) is 2.75. The Kier molecular flexibility index (Phi) is 3.01. The Labute approximate surface area is 71.8 Å². The molecule has 0 aliphatic carbocycles. The van der Waals surface area contributed by atoms with Crippen LogP contribution in [0.15, 0.2) is 18.3 Å². The molecule has 4 heteroatoms. The second kappa shape index (κ2) is 4.04. The first-order valence-corrected chi connectivity index (χ1v) is 3.73. The van der Waals surface area contributed by atoms with Crippen molar-refractivity contribution in [3.8, 4) is 0 Å². The molecule has 1 aromatic rings. The Morgan fingerprint density at radius 2 is 2.33 bits per heavy atom. The molecule has 66 valence electrons. The third-order valence-corrected chi connectivity index (χ3v) is 1.55. The molecule has 0 spiro atoms. The topological polar surface area (TPSA) is 48.4 Å². The third-order valence-electron chi connectivity index (χ3n) is 1.55. The van der Waals surface area contributed by atoms with Crippen molar-refractivity contribution in [3.05, 3.63) is 23.9 Å². The number of rotatable bonds is 3. The van der Waals surface area contributed by atoms with Crippen molar-refractivity contribution < 1.29 is 5.21 Å². The summed E-state index contributed by atoms with van der Waals surface area (Å²) in [4.78, 5) is 6.06. The minimum absolute atomic E-state index is 0.448. The van der Waals surface area contributed by atoms with Gasteiger partial charge in [-0.3, -0.25) is 0 Å². The summed E-state index contributed by atoms with van der Waals surface area (Å²) in [5, 5.41) is 8.47. The van der Waals surface area contributed by atoms with Gasteiger partial charge in [0.25, 0.3) is 0 Å². The number of hydrogen-bond donors (Lipinski definition) is 2. The molecule has 0 aromatic carbocycles. The fraction of sp³-hybridized carbons (Fsp3) is 0.375. The molecule has 1 aromatic heterocycles. The Morgan fingerprint density at radius 1 is 1.58 bits per heavy atom. The SMILES string of the molecule is CN(C)c1cc(CNO)ccn1.